The number of thioether (sulfide) groups is 1. The maximum absolute atomic E-state index is 11.6. The maximum Gasteiger partial charge on any atom is 0.224 e. The van der Waals surface area contributed by atoms with Crippen LogP contribution in [0.5, 0.6) is 0 Å². The first-order chi connectivity index (χ1) is 8.29. The molecule has 0 bridgehead atoms. The van der Waals surface area contributed by atoms with E-state index in [-0.39, 0.29) is 5.91 Å². The third-order valence-electron chi connectivity index (χ3n) is 2.80. The fraction of sp³-hybridized carbons (Fsp3) is 0.462. The Hall–Kier alpha value is -1.00. The van der Waals surface area contributed by atoms with E-state index in [0.717, 1.165) is 18.5 Å². The van der Waals surface area contributed by atoms with Crippen LogP contribution in [0.1, 0.15) is 24.8 Å². The van der Waals surface area contributed by atoms with Gasteiger partial charge in [-0.15, -0.1) is 11.8 Å². The highest BCUT2D eigenvalue weighted by Crippen LogP contribution is 2.31. The van der Waals surface area contributed by atoms with Gasteiger partial charge >= 0.3 is 0 Å². The van der Waals surface area contributed by atoms with Crippen molar-refractivity contribution in [2.75, 3.05) is 17.6 Å². The van der Waals surface area contributed by atoms with E-state index in [2.05, 4.69) is 17.4 Å². The molecule has 1 aromatic rings. The summed E-state index contributed by atoms with van der Waals surface area (Å²) in [6, 6.07) is 6.19. The highest BCUT2D eigenvalue weighted by Gasteiger charge is 2.10. The van der Waals surface area contributed by atoms with Crippen LogP contribution in [0, 0.1) is 0 Å². The summed E-state index contributed by atoms with van der Waals surface area (Å²) in [5.74, 6) is 1.26. The van der Waals surface area contributed by atoms with Gasteiger partial charge in [-0.3, -0.25) is 4.79 Å². The molecule has 2 rings (SSSR count). The average Bonchev–Trinajstić information content (AvgIpc) is 2.36. The number of nitrogens with one attached hydrogen (secondary N) is 1. The lowest BCUT2D eigenvalue weighted by molar-refractivity contribution is -0.116. The molecule has 92 valence electrons. The molecule has 4 heteroatoms. The van der Waals surface area contributed by atoms with E-state index in [1.54, 1.807) is 0 Å². The maximum atomic E-state index is 11.6. The Morgan fingerprint density at radius 3 is 3.18 bits per heavy atom. The van der Waals surface area contributed by atoms with Crippen LogP contribution in [0.3, 0.4) is 0 Å². The van der Waals surface area contributed by atoms with Crippen LogP contribution >= 0.6 is 11.8 Å². The van der Waals surface area contributed by atoms with Gasteiger partial charge in [0.15, 0.2) is 0 Å². The summed E-state index contributed by atoms with van der Waals surface area (Å²) in [6.07, 6.45) is 3.59. The van der Waals surface area contributed by atoms with E-state index in [9.17, 15) is 4.79 Å². The molecule has 0 fully saturated rings. The highest BCUT2D eigenvalue weighted by atomic mass is 32.2. The predicted molar refractivity (Wildman–Crippen MR) is 72.4 cm³/mol. The number of amides is 1. The molecule has 17 heavy (non-hydrogen) atoms. The molecule has 3 N–H and O–H groups in total. The number of carbonyl (C=O) groups is 1. The number of anilines is 1. The normalized spacial score (nSPS) is 14.2. The van der Waals surface area contributed by atoms with Gasteiger partial charge in [-0.2, -0.15) is 0 Å². The summed E-state index contributed by atoms with van der Waals surface area (Å²) in [5, 5.41) is 2.92. The molecule has 1 heterocycles. The molecule has 0 unspecified atom stereocenters. The van der Waals surface area contributed by atoms with Gasteiger partial charge in [0.25, 0.3) is 0 Å². The first-order valence-corrected chi connectivity index (χ1v) is 7.04. The minimum absolute atomic E-state index is 0.0545. The molecule has 0 aliphatic carbocycles. The standard InChI is InChI=1S/C13H18N2OS/c14-7-1-4-13(16)15-11-5-6-12-10(9-11)3-2-8-17-12/h5-6,9H,1-4,7-8,14H2,(H,15,16). The zero-order valence-electron chi connectivity index (χ0n) is 9.87. The minimum atomic E-state index is 0.0545. The monoisotopic (exact) mass is 250 g/mol. The lowest BCUT2D eigenvalue weighted by atomic mass is 10.1. The first kappa shape index (κ1) is 12.5. The zero-order chi connectivity index (χ0) is 12.1. The van der Waals surface area contributed by atoms with E-state index in [1.165, 1.54) is 22.6 Å². The van der Waals surface area contributed by atoms with Gasteiger partial charge in [0.2, 0.25) is 5.91 Å². The van der Waals surface area contributed by atoms with Crippen molar-refractivity contribution in [2.45, 2.75) is 30.6 Å². The van der Waals surface area contributed by atoms with Gasteiger partial charge in [0.1, 0.15) is 0 Å². The van der Waals surface area contributed by atoms with Crippen LogP contribution in [0.15, 0.2) is 23.1 Å². The molecule has 0 radical (unpaired) electrons. The van der Waals surface area contributed by atoms with Crippen LogP contribution in [0.25, 0.3) is 0 Å². The SMILES string of the molecule is NCCCC(=O)Nc1ccc2c(c1)CCCS2. The third kappa shape index (κ3) is 3.48. The summed E-state index contributed by atoms with van der Waals surface area (Å²) >= 11 is 1.90. The molecule has 0 atom stereocenters. The van der Waals surface area contributed by atoms with E-state index >= 15 is 0 Å². The molecule has 1 aromatic carbocycles. The van der Waals surface area contributed by atoms with Crippen LogP contribution in [-0.4, -0.2) is 18.2 Å². The highest BCUT2D eigenvalue weighted by molar-refractivity contribution is 7.99. The number of aryl methyl sites for hydroxylation is 1. The van der Waals surface area contributed by atoms with Crippen molar-refractivity contribution in [3.8, 4) is 0 Å². The van der Waals surface area contributed by atoms with Gasteiger partial charge in [0, 0.05) is 17.0 Å². The number of fused-ring (bicyclic) bond motifs is 1. The van der Waals surface area contributed by atoms with Crippen molar-refractivity contribution in [1.29, 1.82) is 0 Å². The summed E-state index contributed by atoms with van der Waals surface area (Å²) in [4.78, 5) is 12.9. The molecule has 3 nitrogen and oxygen atoms in total. The van der Waals surface area contributed by atoms with Crippen LogP contribution < -0.4 is 11.1 Å². The number of hydrogen-bond acceptors (Lipinski definition) is 3. The van der Waals surface area contributed by atoms with E-state index in [1.807, 2.05) is 17.8 Å². The molecule has 0 spiro atoms. The van der Waals surface area contributed by atoms with Gasteiger partial charge in [-0.05, 0) is 55.3 Å². The fourth-order valence-electron chi connectivity index (χ4n) is 1.92. The van der Waals surface area contributed by atoms with Crippen molar-refractivity contribution in [2.24, 2.45) is 5.73 Å². The van der Waals surface area contributed by atoms with Crippen molar-refractivity contribution >= 4 is 23.4 Å². The van der Waals surface area contributed by atoms with Crippen LogP contribution in [-0.2, 0) is 11.2 Å². The average molecular weight is 250 g/mol. The smallest absolute Gasteiger partial charge is 0.224 e. The van der Waals surface area contributed by atoms with E-state index in [0.29, 0.717) is 13.0 Å². The Kier molecular flexibility index (Phi) is 4.45. The second kappa shape index (κ2) is 6.07. The molecule has 1 aliphatic heterocycles. The molecule has 0 aromatic heterocycles. The van der Waals surface area contributed by atoms with Gasteiger partial charge < -0.3 is 11.1 Å². The zero-order valence-corrected chi connectivity index (χ0v) is 10.7. The Bertz CT molecular complexity index is 406. The largest absolute Gasteiger partial charge is 0.330 e. The molecular formula is C13H18N2OS. The van der Waals surface area contributed by atoms with E-state index < -0.39 is 0 Å². The number of benzene rings is 1. The number of hydrogen-bond donors (Lipinski definition) is 2. The number of rotatable bonds is 4. The second-order valence-corrected chi connectivity index (χ2v) is 5.35. The van der Waals surface area contributed by atoms with Crippen molar-refractivity contribution in [1.82, 2.24) is 0 Å². The Morgan fingerprint density at radius 2 is 2.35 bits per heavy atom. The van der Waals surface area contributed by atoms with Gasteiger partial charge in [-0.25, -0.2) is 0 Å². The fourth-order valence-corrected chi connectivity index (χ4v) is 2.94. The molecule has 1 aliphatic rings. The van der Waals surface area contributed by atoms with Crippen molar-refractivity contribution < 1.29 is 4.79 Å². The molecule has 0 saturated heterocycles. The Balaban J connectivity index is 1.99. The van der Waals surface area contributed by atoms with E-state index in [4.69, 9.17) is 5.73 Å². The molecular weight excluding hydrogens is 232 g/mol. The summed E-state index contributed by atoms with van der Waals surface area (Å²) in [5.41, 5.74) is 7.65. The first-order valence-electron chi connectivity index (χ1n) is 6.05. The molecule has 1 amide bonds. The number of nitrogens with two attached hydrogens (primary N) is 1. The van der Waals surface area contributed by atoms with Crippen LogP contribution in [0.4, 0.5) is 5.69 Å². The summed E-state index contributed by atoms with van der Waals surface area (Å²) in [6.45, 7) is 0.564. The van der Waals surface area contributed by atoms with Crippen LogP contribution in [0.2, 0.25) is 0 Å². The van der Waals surface area contributed by atoms with Gasteiger partial charge in [0.05, 0.1) is 0 Å². The lowest BCUT2D eigenvalue weighted by Crippen LogP contribution is -2.13. The summed E-state index contributed by atoms with van der Waals surface area (Å²) in [7, 11) is 0. The topological polar surface area (TPSA) is 55.1 Å². The second-order valence-electron chi connectivity index (χ2n) is 4.21. The quantitative estimate of drug-likeness (QED) is 0.862. The minimum Gasteiger partial charge on any atom is -0.330 e. The van der Waals surface area contributed by atoms with Crippen molar-refractivity contribution in [3.05, 3.63) is 23.8 Å². The Labute approximate surface area is 106 Å². The summed E-state index contributed by atoms with van der Waals surface area (Å²) < 4.78 is 0. The predicted octanol–water partition coefficient (Wildman–Crippen LogP) is 2.40. The Morgan fingerprint density at radius 1 is 1.47 bits per heavy atom. The molecule has 0 saturated carbocycles. The van der Waals surface area contributed by atoms with Crippen molar-refractivity contribution in [3.63, 3.8) is 0 Å². The third-order valence-corrected chi connectivity index (χ3v) is 4.00. The number of carbonyl (C=O) groups excluding carboxylic acids is 1. The van der Waals surface area contributed by atoms with Gasteiger partial charge in [-0.1, -0.05) is 0 Å². The lowest BCUT2D eigenvalue weighted by Gasteiger charge is -2.16.